The molecule has 1 aromatic heterocycles. The number of halogens is 3. The highest BCUT2D eigenvalue weighted by atomic mass is 35.5. The molecule has 2 aromatic rings. The third kappa shape index (κ3) is 4.05. The normalized spacial score (nSPS) is 15.4. The second kappa shape index (κ2) is 7.07. The molecule has 27 heavy (non-hydrogen) atoms. The van der Waals surface area contributed by atoms with Gasteiger partial charge in [0.1, 0.15) is 16.9 Å². The van der Waals surface area contributed by atoms with Crippen molar-refractivity contribution in [2.24, 2.45) is 0 Å². The summed E-state index contributed by atoms with van der Waals surface area (Å²) >= 11 is 6.09. The summed E-state index contributed by atoms with van der Waals surface area (Å²) in [5.41, 5.74) is -0.469. The molecule has 0 radical (unpaired) electrons. The van der Waals surface area contributed by atoms with Crippen LogP contribution in [0.4, 0.5) is 19.4 Å². The molecular weight excluding hydrogens is 378 g/mol. The quantitative estimate of drug-likeness (QED) is 0.681. The van der Waals surface area contributed by atoms with Gasteiger partial charge in [-0.05, 0) is 33.8 Å². The second-order valence-corrected chi connectivity index (χ2v) is 7.87. The van der Waals surface area contributed by atoms with Crippen molar-refractivity contribution in [2.45, 2.75) is 33.3 Å². The monoisotopic (exact) mass is 398 g/mol. The maximum atomic E-state index is 14.5. The molecule has 0 saturated carbocycles. The van der Waals surface area contributed by atoms with Gasteiger partial charge in [0.15, 0.2) is 5.82 Å². The van der Waals surface area contributed by atoms with Gasteiger partial charge in [0, 0.05) is 42.2 Å². The fourth-order valence-corrected chi connectivity index (χ4v) is 3.11. The van der Waals surface area contributed by atoms with E-state index in [1.165, 1.54) is 6.92 Å². The number of hydrogen-bond acceptors (Lipinski definition) is 5. The minimum Gasteiger partial charge on any atom is -0.444 e. The molecule has 146 valence electrons. The molecular formula is C18H21ClF2N4O2. The lowest BCUT2D eigenvalue weighted by atomic mass is 10.1. The first-order chi connectivity index (χ1) is 12.6. The Bertz CT molecular complexity index is 893. The van der Waals surface area contributed by atoms with Crippen LogP contribution in [0, 0.1) is 18.8 Å². The zero-order valence-corrected chi connectivity index (χ0v) is 16.4. The summed E-state index contributed by atoms with van der Waals surface area (Å²) in [6.45, 7) is 8.48. The predicted octanol–water partition coefficient (Wildman–Crippen LogP) is 3.93. The van der Waals surface area contributed by atoms with Crippen molar-refractivity contribution in [3.05, 3.63) is 28.5 Å². The lowest BCUT2D eigenvalue weighted by molar-refractivity contribution is 0.0240. The van der Waals surface area contributed by atoms with Crippen molar-refractivity contribution >= 4 is 34.4 Å². The van der Waals surface area contributed by atoms with Crippen LogP contribution in [0.25, 0.3) is 10.9 Å². The van der Waals surface area contributed by atoms with Crippen LogP contribution < -0.4 is 4.90 Å². The highest BCUT2D eigenvalue weighted by molar-refractivity contribution is 6.32. The summed E-state index contributed by atoms with van der Waals surface area (Å²) in [6, 6.07) is 1.55. The van der Waals surface area contributed by atoms with Gasteiger partial charge in [-0.1, -0.05) is 11.6 Å². The smallest absolute Gasteiger partial charge is 0.410 e. The molecule has 1 aliphatic heterocycles. The maximum absolute atomic E-state index is 14.5. The van der Waals surface area contributed by atoms with E-state index in [9.17, 15) is 13.6 Å². The zero-order valence-electron chi connectivity index (χ0n) is 15.6. The van der Waals surface area contributed by atoms with Crippen molar-refractivity contribution in [3.63, 3.8) is 0 Å². The number of carbonyl (C=O) groups is 1. The molecule has 3 rings (SSSR count). The molecule has 1 fully saturated rings. The Morgan fingerprint density at radius 3 is 2.41 bits per heavy atom. The number of fused-ring (bicyclic) bond motifs is 1. The Labute approximate surface area is 161 Å². The third-order valence-electron chi connectivity index (χ3n) is 4.30. The van der Waals surface area contributed by atoms with E-state index in [0.29, 0.717) is 31.6 Å². The Kier molecular flexibility index (Phi) is 5.12. The lowest BCUT2D eigenvalue weighted by Crippen LogP contribution is -2.50. The van der Waals surface area contributed by atoms with Gasteiger partial charge in [-0.15, -0.1) is 0 Å². The largest absolute Gasteiger partial charge is 0.444 e. The number of hydrogen-bond donors (Lipinski definition) is 0. The number of aromatic nitrogens is 2. The molecule has 0 N–H and O–H groups in total. The molecule has 1 amide bonds. The molecule has 0 spiro atoms. The van der Waals surface area contributed by atoms with Crippen molar-refractivity contribution in [3.8, 4) is 0 Å². The van der Waals surface area contributed by atoms with Crippen molar-refractivity contribution < 1.29 is 18.3 Å². The van der Waals surface area contributed by atoms with Crippen molar-refractivity contribution in [2.75, 3.05) is 31.1 Å². The van der Waals surface area contributed by atoms with E-state index < -0.39 is 23.6 Å². The Morgan fingerprint density at radius 1 is 1.19 bits per heavy atom. The SMILES string of the molecule is Cc1c(Cl)cc2c(N3CCN(C(=O)OC(C)(C)C)CC3)nc(F)nc2c1F. The van der Waals surface area contributed by atoms with Gasteiger partial charge in [0.2, 0.25) is 0 Å². The zero-order chi connectivity index (χ0) is 19.9. The number of piperazine rings is 1. The van der Waals surface area contributed by atoms with Crippen LogP contribution in [0.1, 0.15) is 26.3 Å². The number of carbonyl (C=O) groups excluding carboxylic acids is 1. The minimum atomic E-state index is -1.01. The Morgan fingerprint density at radius 2 is 1.81 bits per heavy atom. The molecule has 0 bridgehead atoms. The standard InChI is InChI=1S/C18H21ClF2N4O2/c1-10-12(19)9-11-14(13(10)20)22-16(21)23-15(11)24-5-7-25(8-6-24)17(26)27-18(2,3)4/h9H,5-8H2,1-4H3. The minimum absolute atomic E-state index is 0.103. The summed E-state index contributed by atoms with van der Waals surface area (Å²) in [5.74, 6) is -0.394. The van der Waals surface area contributed by atoms with Crippen LogP contribution in [0.15, 0.2) is 6.07 Å². The average Bonchev–Trinajstić information content (AvgIpc) is 2.59. The van der Waals surface area contributed by atoms with Gasteiger partial charge in [-0.2, -0.15) is 14.4 Å². The molecule has 0 atom stereocenters. The molecule has 6 nitrogen and oxygen atoms in total. The van der Waals surface area contributed by atoms with Crippen LogP contribution in [0.3, 0.4) is 0 Å². The molecule has 9 heteroatoms. The summed E-state index contributed by atoms with van der Waals surface area (Å²) in [4.78, 5) is 23.0. The van der Waals surface area contributed by atoms with Crippen molar-refractivity contribution in [1.29, 1.82) is 0 Å². The fraction of sp³-hybridized carbons (Fsp3) is 0.500. The number of rotatable bonds is 1. The second-order valence-electron chi connectivity index (χ2n) is 7.46. The van der Waals surface area contributed by atoms with Gasteiger partial charge in [0.05, 0.1) is 0 Å². The first-order valence-corrected chi connectivity index (χ1v) is 8.99. The van der Waals surface area contributed by atoms with Gasteiger partial charge in [0.25, 0.3) is 0 Å². The van der Waals surface area contributed by atoms with Gasteiger partial charge in [-0.3, -0.25) is 0 Å². The molecule has 2 heterocycles. The van der Waals surface area contributed by atoms with Crippen molar-refractivity contribution in [1.82, 2.24) is 14.9 Å². The van der Waals surface area contributed by atoms with E-state index >= 15 is 0 Å². The summed E-state index contributed by atoms with van der Waals surface area (Å²) in [6.07, 6.45) is -1.40. The van der Waals surface area contributed by atoms with E-state index in [4.69, 9.17) is 16.3 Å². The van der Waals surface area contributed by atoms with E-state index in [1.54, 1.807) is 36.6 Å². The molecule has 0 aliphatic carbocycles. The van der Waals surface area contributed by atoms with Crippen LogP contribution in [-0.2, 0) is 4.74 Å². The summed E-state index contributed by atoms with van der Waals surface area (Å²) in [7, 11) is 0. The van der Waals surface area contributed by atoms with E-state index in [2.05, 4.69) is 9.97 Å². The van der Waals surface area contributed by atoms with Crippen LogP contribution in [-0.4, -0.2) is 52.7 Å². The fourth-order valence-electron chi connectivity index (χ4n) is 2.92. The van der Waals surface area contributed by atoms with Crippen LogP contribution >= 0.6 is 11.6 Å². The van der Waals surface area contributed by atoms with E-state index in [0.717, 1.165) is 0 Å². The van der Waals surface area contributed by atoms with Gasteiger partial charge in [-0.25, -0.2) is 9.18 Å². The molecule has 0 unspecified atom stereocenters. The Hall–Kier alpha value is -2.22. The average molecular weight is 399 g/mol. The molecule has 1 aliphatic rings. The number of anilines is 1. The van der Waals surface area contributed by atoms with E-state index in [-0.39, 0.29) is 21.9 Å². The predicted molar refractivity (Wildman–Crippen MR) is 99.2 cm³/mol. The highest BCUT2D eigenvalue weighted by Gasteiger charge is 2.28. The van der Waals surface area contributed by atoms with Gasteiger partial charge >= 0.3 is 12.2 Å². The lowest BCUT2D eigenvalue weighted by Gasteiger charge is -2.36. The molecule has 1 saturated heterocycles. The Balaban J connectivity index is 1.86. The summed E-state index contributed by atoms with van der Waals surface area (Å²) < 4.78 is 33.8. The number of benzene rings is 1. The van der Waals surface area contributed by atoms with E-state index in [1.807, 2.05) is 0 Å². The first kappa shape index (κ1) is 19.5. The number of ether oxygens (including phenoxy) is 1. The van der Waals surface area contributed by atoms with Gasteiger partial charge < -0.3 is 14.5 Å². The topological polar surface area (TPSA) is 58.6 Å². The maximum Gasteiger partial charge on any atom is 0.410 e. The third-order valence-corrected chi connectivity index (χ3v) is 4.69. The summed E-state index contributed by atoms with van der Waals surface area (Å²) in [5, 5.41) is 0.569. The van der Waals surface area contributed by atoms with Crippen LogP contribution in [0.2, 0.25) is 5.02 Å². The molecule has 1 aromatic carbocycles. The van der Waals surface area contributed by atoms with Crippen LogP contribution in [0.5, 0.6) is 0 Å². The highest BCUT2D eigenvalue weighted by Crippen LogP contribution is 2.32. The number of amides is 1. The number of nitrogens with zero attached hydrogens (tertiary/aromatic N) is 4. The first-order valence-electron chi connectivity index (χ1n) is 8.61.